The van der Waals surface area contributed by atoms with Crippen molar-refractivity contribution < 1.29 is 33.3 Å². The van der Waals surface area contributed by atoms with Crippen LogP contribution in [0.25, 0.3) is 0 Å². The number of carbonyl (C=O) groups excluding carboxylic acids is 2. The van der Waals surface area contributed by atoms with Gasteiger partial charge in [0.05, 0.1) is 41.0 Å². The van der Waals surface area contributed by atoms with E-state index >= 15 is 0 Å². The average Bonchev–Trinajstić information content (AvgIpc) is 3.56. The van der Waals surface area contributed by atoms with Crippen LogP contribution < -0.4 is 34.3 Å². The summed E-state index contributed by atoms with van der Waals surface area (Å²) in [5.41, 5.74) is 1.51. The third-order valence-corrected chi connectivity index (χ3v) is 9.66. The van der Waals surface area contributed by atoms with Gasteiger partial charge in [0.1, 0.15) is 0 Å². The van der Waals surface area contributed by atoms with Gasteiger partial charge in [-0.15, -0.1) is 0 Å². The standard InChI is InChI=1S/C36H45N3O7/c1-42-28-12-11-27(23-29(28)43-2)35(13-19-38-34(41)36(14-17-37-18-15-36)26-9-7-6-8-10-26)16-20-39(24-35)33(40)25-21-30(44-3)32(46-5)31(22-25)45-4/h6-12,21-23,37H,13-20,24H2,1-5H3,(H,38,41). The highest BCUT2D eigenvalue weighted by atomic mass is 16.5. The largest absolute Gasteiger partial charge is 0.493 e. The van der Waals surface area contributed by atoms with Gasteiger partial charge in [-0.25, -0.2) is 0 Å². The van der Waals surface area contributed by atoms with Crippen molar-refractivity contribution in [1.29, 1.82) is 0 Å². The number of ether oxygens (including phenoxy) is 5. The van der Waals surface area contributed by atoms with Crippen LogP contribution in [0, 0.1) is 0 Å². The zero-order valence-corrected chi connectivity index (χ0v) is 27.4. The number of benzene rings is 3. The van der Waals surface area contributed by atoms with Crippen molar-refractivity contribution in [3.8, 4) is 28.7 Å². The van der Waals surface area contributed by atoms with Gasteiger partial charge in [-0.3, -0.25) is 9.59 Å². The SMILES string of the molecule is COc1ccc(C2(CCNC(=O)C3(c4ccccc4)CCNCC3)CCN(C(=O)c3cc(OC)c(OC)c(OC)c3)C2)cc1OC. The molecule has 246 valence electrons. The second kappa shape index (κ2) is 14.3. The molecule has 46 heavy (non-hydrogen) atoms. The molecule has 0 aromatic heterocycles. The fourth-order valence-corrected chi connectivity index (χ4v) is 7.03. The first kappa shape index (κ1) is 32.9. The Hall–Kier alpha value is -4.44. The van der Waals surface area contributed by atoms with E-state index in [0.29, 0.717) is 66.8 Å². The van der Waals surface area contributed by atoms with E-state index in [1.54, 1.807) is 26.4 Å². The number of amides is 2. The van der Waals surface area contributed by atoms with Gasteiger partial charge in [-0.05, 0) is 74.2 Å². The van der Waals surface area contributed by atoms with E-state index in [1.165, 1.54) is 21.3 Å². The normalized spacial score (nSPS) is 18.8. The first-order valence-electron chi connectivity index (χ1n) is 15.7. The van der Waals surface area contributed by atoms with E-state index in [4.69, 9.17) is 23.7 Å². The Morgan fingerprint density at radius 2 is 1.41 bits per heavy atom. The van der Waals surface area contributed by atoms with Crippen LogP contribution in [0.4, 0.5) is 0 Å². The second-order valence-electron chi connectivity index (χ2n) is 11.9. The van der Waals surface area contributed by atoms with Crippen LogP contribution >= 0.6 is 0 Å². The van der Waals surface area contributed by atoms with Gasteiger partial charge in [-0.2, -0.15) is 0 Å². The molecule has 10 heteroatoms. The maximum absolute atomic E-state index is 14.0. The molecule has 2 amide bonds. The van der Waals surface area contributed by atoms with Crippen molar-refractivity contribution in [1.82, 2.24) is 15.5 Å². The molecule has 2 aliphatic heterocycles. The van der Waals surface area contributed by atoms with Crippen molar-refractivity contribution in [2.45, 2.75) is 36.5 Å². The fourth-order valence-electron chi connectivity index (χ4n) is 7.03. The smallest absolute Gasteiger partial charge is 0.254 e. The summed E-state index contributed by atoms with van der Waals surface area (Å²) in [5, 5.41) is 6.71. The van der Waals surface area contributed by atoms with E-state index in [-0.39, 0.29) is 11.8 Å². The number of hydrogen-bond donors (Lipinski definition) is 2. The molecule has 3 aromatic rings. The average molecular weight is 632 g/mol. The quantitative estimate of drug-likeness (QED) is 0.304. The number of nitrogens with zero attached hydrogens (tertiary/aromatic N) is 1. The number of likely N-dealkylation sites (tertiary alicyclic amines) is 1. The lowest BCUT2D eigenvalue weighted by Gasteiger charge is -2.37. The highest BCUT2D eigenvalue weighted by Gasteiger charge is 2.44. The number of methoxy groups -OCH3 is 5. The summed E-state index contributed by atoms with van der Waals surface area (Å²) < 4.78 is 27.7. The van der Waals surface area contributed by atoms with Crippen LogP contribution in [0.1, 0.15) is 47.2 Å². The van der Waals surface area contributed by atoms with Gasteiger partial charge in [0, 0.05) is 30.6 Å². The summed E-state index contributed by atoms with van der Waals surface area (Å²) in [6.45, 7) is 3.03. The van der Waals surface area contributed by atoms with Gasteiger partial charge in [-0.1, -0.05) is 36.4 Å². The highest BCUT2D eigenvalue weighted by Crippen LogP contribution is 2.43. The molecule has 2 saturated heterocycles. The van der Waals surface area contributed by atoms with Crippen LogP contribution in [-0.2, 0) is 15.6 Å². The van der Waals surface area contributed by atoms with Gasteiger partial charge in [0.15, 0.2) is 23.0 Å². The molecule has 5 rings (SSSR count). The third kappa shape index (κ3) is 6.31. The zero-order chi connectivity index (χ0) is 32.7. The van der Waals surface area contributed by atoms with Gasteiger partial charge in [0.2, 0.25) is 11.7 Å². The van der Waals surface area contributed by atoms with Crippen molar-refractivity contribution in [2.24, 2.45) is 0 Å². The zero-order valence-electron chi connectivity index (χ0n) is 27.4. The molecule has 0 aliphatic carbocycles. The molecule has 1 unspecified atom stereocenters. The molecule has 0 bridgehead atoms. The van der Waals surface area contributed by atoms with Crippen LogP contribution in [-0.4, -0.2) is 85.0 Å². The molecule has 1 atom stereocenters. The minimum atomic E-state index is -0.576. The highest BCUT2D eigenvalue weighted by molar-refractivity contribution is 5.96. The summed E-state index contributed by atoms with van der Waals surface area (Å²) in [7, 11) is 7.82. The lowest BCUT2D eigenvalue weighted by Crippen LogP contribution is -2.51. The molecule has 2 fully saturated rings. The Labute approximate surface area is 271 Å². The molecule has 0 spiro atoms. The number of hydrogen-bond acceptors (Lipinski definition) is 8. The van der Waals surface area contributed by atoms with Crippen LogP contribution in [0.2, 0.25) is 0 Å². The molecular formula is C36H45N3O7. The molecule has 3 aromatic carbocycles. The monoisotopic (exact) mass is 631 g/mol. The minimum absolute atomic E-state index is 0.0472. The number of carbonyl (C=O) groups is 2. The molecular weight excluding hydrogens is 586 g/mol. The van der Waals surface area contributed by atoms with E-state index in [2.05, 4.69) is 22.8 Å². The summed E-state index contributed by atoms with van der Waals surface area (Å²) in [4.78, 5) is 29.8. The topological polar surface area (TPSA) is 108 Å². The first-order chi connectivity index (χ1) is 22.3. The first-order valence-corrected chi connectivity index (χ1v) is 15.7. The maximum atomic E-state index is 14.0. The summed E-state index contributed by atoms with van der Waals surface area (Å²) >= 11 is 0. The molecule has 0 saturated carbocycles. The van der Waals surface area contributed by atoms with Crippen LogP contribution in [0.15, 0.2) is 60.7 Å². The Morgan fingerprint density at radius 1 is 0.761 bits per heavy atom. The van der Waals surface area contributed by atoms with Crippen molar-refractivity contribution in [2.75, 3.05) is 68.3 Å². The lowest BCUT2D eigenvalue weighted by molar-refractivity contribution is -0.127. The number of rotatable bonds is 12. The Morgan fingerprint density at radius 3 is 2.02 bits per heavy atom. The van der Waals surface area contributed by atoms with E-state index in [1.807, 2.05) is 41.3 Å². The van der Waals surface area contributed by atoms with Crippen molar-refractivity contribution in [3.05, 3.63) is 77.4 Å². The Bertz CT molecular complexity index is 1500. The fraction of sp³-hybridized carbons (Fsp3) is 0.444. The van der Waals surface area contributed by atoms with Crippen LogP contribution in [0.3, 0.4) is 0 Å². The number of piperidine rings is 1. The Kier molecular flexibility index (Phi) is 10.3. The minimum Gasteiger partial charge on any atom is -0.493 e. The van der Waals surface area contributed by atoms with Gasteiger partial charge >= 0.3 is 0 Å². The summed E-state index contributed by atoms with van der Waals surface area (Å²) in [5.74, 6) is 2.44. The summed E-state index contributed by atoms with van der Waals surface area (Å²) in [6, 6.07) is 19.4. The molecule has 2 heterocycles. The predicted octanol–water partition coefficient (Wildman–Crippen LogP) is 4.34. The van der Waals surface area contributed by atoms with E-state index in [0.717, 1.165) is 37.1 Å². The van der Waals surface area contributed by atoms with Gasteiger partial charge < -0.3 is 39.2 Å². The van der Waals surface area contributed by atoms with Crippen molar-refractivity contribution in [3.63, 3.8) is 0 Å². The molecule has 2 N–H and O–H groups in total. The molecule has 0 radical (unpaired) electrons. The maximum Gasteiger partial charge on any atom is 0.254 e. The second-order valence-corrected chi connectivity index (χ2v) is 11.9. The van der Waals surface area contributed by atoms with Gasteiger partial charge in [0.25, 0.3) is 5.91 Å². The third-order valence-electron chi connectivity index (χ3n) is 9.66. The van der Waals surface area contributed by atoms with Crippen molar-refractivity contribution >= 4 is 11.8 Å². The molecule has 10 nitrogen and oxygen atoms in total. The van der Waals surface area contributed by atoms with Crippen LogP contribution in [0.5, 0.6) is 28.7 Å². The predicted molar refractivity (Wildman–Crippen MR) is 176 cm³/mol. The number of nitrogens with one attached hydrogen (secondary N) is 2. The Balaban J connectivity index is 1.42. The van der Waals surface area contributed by atoms with E-state index < -0.39 is 10.8 Å². The summed E-state index contributed by atoms with van der Waals surface area (Å²) in [6.07, 6.45) is 2.82. The molecule has 2 aliphatic rings. The van der Waals surface area contributed by atoms with E-state index in [9.17, 15) is 9.59 Å². The lowest BCUT2D eigenvalue weighted by atomic mass is 9.72.